The van der Waals surface area contributed by atoms with E-state index in [9.17, 15) is 9.59 Å². The lowest BCUT2D eigenvalue weighted by Crippen LogP contribution is -2.20. The van der Waals surface area contributed by atoms with Crippen LogP contribution in [0, 0.1) is 18.2 Å². The van der Waals surface area contributed by atoms with Gasteiger partial charge in [-0.25, -0.2) is 4.39 Å². The number of halogens is 2. The number of anilines is 2. The van der Waals surface area contributed by atoms with Crippen LogP contribution in [0.25, 0.3) is 10.9 Å². The van der Waals surface area contributed by atoms with Gasteiger partial charge < -0.3 is 5.32 Å². The van der Waals surface area contributed by atoms with Gasteiger partial charge >= 0.3 is 0 Å². The van der Waals surface area contributed by atoms with Gasteiger partial charge in [0.2, 0.25) is 0 Å². The molecule has 1 heterocycles. The molecule has 0 spiro atoms. The number of aromatic nitrogens is 1. The van der Waals surface area contributed by atoms with Gasteiger partial charge in [-0.2, -0.15) is 0 Å². The van der Waals surface area contributed by atoms with Crippen LogP contribution in [0.1, 0.15) is 54.2 Å². The average Bonchev–Trinajstić information content (AvgIpc) is 2.83. The number of ketones is 2. The number of para-hydroxylation sites is 1. The maximum atomic E-state index is 15.4. The second kappa shape index (κ2) is 10.8. The van der Waals surface area contributed by atoms with Gasteiger partial charge in [0.25, 0.3) is 0 Å². The van der Waals surface area contributed by atoms with Crippen molar-refractivity contribution in [2.45, 2.75) is 47.0 Å². The zero-order valence-electron chi connectivity index (χ0n) is 21.5. The second-order valence-electron chi connectivity index (χ2n) is 10.3. The average molecular weight is 517 g/mol. The lowest BCUT2D eigenvalue weighted by Gasteiger charge is -2.17. The molecule has 0 atom stereocenters. The molecule has 4 aromatic rings. The standard InChI is InChI=1S/C31H30ClFN2O2/c1-19-7-5-9-22(17-19)35-25-15-16-34-30-21(8-6-10-23(25)30)18-26(36)28-24(32)13-11-20(29(28)33)12-14-27(37)31(2,3)4/h5-11,13,15-17H,12,14,18H2,1-4H3,(H,34,35). The summed E-state index contributed by atoms with van der Waals surface area (Å²) in [5.41, 5.74) is 3.95. The minimum Gasteiger partial charge on any atom is -0.355 e. The Morgan fingerprint density at radius 3 is 2.49 bits per heavy atom. The van der Waals surface area contributed by atoms with Crippen LogP contribution < -0.4 is 5.32 Å². The Labute approximate surface area is 221 Å². The third-order valence-corrected chi connectivity index (χ3v) is 6.73. The van der Waals surface area contributed by atoms with E-state index in [1.54, 1.807) is 12.3 Å². The molecule has 0 fully saturated rings. The van der Waals surface area contributed by atoms with Gasteiger partial charge in [0.1, 0.15) is 11.6 Å². The number of carbonyl (C=O) groups is 2. The Kier molecular flexibility index (Phi) is 7.74. The summed E-state index contributed by atoms with van der Waals surface area (Å²) < 4.78 is 15.4. The van der Waals surface area contributed by atoms with E-state index in [0.29, 0.717) is 16.6 Å². The van der Waals surface area contributed by atoms with Crippen molar-refractivity contribution in [3.05, 3.63) is 100.0 Å². The number of pyridine rings is 1. The second-order valence-corrected chi connectivity index (χ2v) is 10.7. The van der Waals surface area contributed by atoms with Crippen LogP contribution in [0.15, 0.2) is 66.9 Å². The van der Waals surface area contributed by atoms with Gasteiger partial charge in [-0.15, -0.1) is 0 Å². The van der Waals surface area contributed by atoms with E-state index in [-0.39, 0.29) is 35.6 Å². The highest BCUT2D eigenvalue weighted by atomic mass is 35.5. The Morgan fingerprint density at radius 2 is 1.76 bits per heavy atom. The number of nitrogens with zero attached hydrogens (tertiary/aromatic N) is 1. The molecule has 37 heavy (non-hydrogen) atoms. The summed E-state index contributed by atoms with van der Waals surface area (Å²) in [6, 6.07) is 18.6. The topological polar surface area (TPSA) is 59.1 Å². The zero-order chi connectivity index (χ0) is 26.7. The molecule has 0 aliphatic rings. The van der Waals surface area contributed by atoms with Crippen LogP contribution >= 0.6 is 11.6 Å². The number of nitrogens with one attached hydrogen (secondary N) is 1. The maximum Gasteiger partial charge on any atom is 0.171 e. The first-order valence-electron chi connectivity index (χ1n) is 12.3. The Bertz CT molecular complexity index is 1490. The van der Waals surface area contributed by atoms with E-state index in [1.165, 1.54) is 6.07 Å². The van der Waals surface area contributed by atoms with Crippen LogP contribution in [-0.2, 0) is 17.6 Å². The van der Waals surface area contributed by atoms with Crippen molar-refractivity contribution in [1.82, 2.24) is 4.98 Å². The summed E-state index contributed by atoms with van der Waals surface area (Å²) in [7, 11) is 0. The van der Waals surface area contributed by atoms with Crippen molar-refractivity contribution < 1.29 is 14.0 Å². The van der Waals surface area contributed by atoms with Gasteiger partial charge in [-0.1, -0.05) is 68.8 Å². The molecule has 1 aromatic heterocycles. The van der Waals surface area contributed by atoms with Crippen molar-refractivity contribution in [2.75, 3.05) is 5.32 Å². The molecule has 0 saturated carbocycles. The fraction of sp³-hybridized carbons (Fsp3) is 0.258. The number of hydrogen-bond acceptors (Lipinski definition) is 4. The van der Waals surface area contributed by atoms with Crippen molar-refractivity contribution >= 4 is 45.4 Å². The minimum absolute atomic E-state index is 0.0339. The molecule has 0 amide bonds. The lowest BCUT2D eigenvalue weighted by atomic mass is 9.87. The Hall–Kier alpha value is -3.57. The molecule has 0 aliphatic carbocycles. The fourth-order valence-corrected chi connectivity index (χ4v) is 4.55. The van der Waals surface area contributed by atoms with E-state index in [0.717, 1.165) is 22.3 Å². The summed E-state index contributed by atoms with van der Waals surface area (Å²) in [6.07, 6.45) is 2.04. The van der Waals surface area contributed by atoms with Crippen LogP contribution in [0.5, 0.6) is 0 Å². The number of hydrogen-bond donors (Lipinski definition) is 1. The molecule has 0 aliphatic heterocycles. The number of aryl methyl sites for hydroxylation is 2. The highest BCUT2D eigenvalue weighted by Gasteiger charge is 2.24. The SMILES string of the molecule is Cc1cccc(Nc2ccnc3c(CC(=O)c4c(Cl)ccc(CCC(=O)C(C)(C)C)c4F)cccc23)c1. The summed E-state index contributed by atoms with van der Waals surface area (Å²) in [5, 5.41) is 4.34. The molecule has 3 aromatic carbocycles. The van der Waals surface area contributed by atoms with E-state index in [4.69, 9.17) is 11.6 Å². The Balaban J connectivity index is 1.62. The fourth-order valence-electron chi connectivity index (χ4n) is 4.30. The van der Waals surface area contributed by atoms with Gasteiger partial charge in [0, 0.05) is 41.2 Å². The first-order chi connectivity index (χ1) is 17.5. The van der Waals surface area contributed by atoms with Crippen LogP contribution in [0.2, 0.25) is 5.02 Å². The minimum atomic E-state index is -0.658. The van der Waals surface area contributed by atoms with Crippen LogP contribution in [0.4, 0.5) is 15.8 Å². The van der Waals surface area contributed by atoms with Gasteiger partial charge in [0.15, 0.2) is 5.78 Å². The molecule has 0 radical (unpaired) electrons. The molecular formula is C31H30ClFN2O2. The summed E-state index contributed by atoms with van der Waals surface area (Å²) in [5.74, 6) is -1.06. The summed E-state index contributed by atoms with van der Waals surface area (Å²) in [6.45, 7) is 7.54. The number of fused-ring (bicyclic) bond motifs is 1. The molecule has 0 saturated heterocycles. The predicted octanol–water partition coefficient (Wildman–Crippen LogP) is 8.05. The number of carbonyl (C=O) groups excluding carboxylic acids is 2. The number of Topliss-reactive ketones (excluding diaryl/α,β-unsaturated/α-hetero) is 2. The van der Waals surface area contributed by atoms with E-state index < -0.39 is 17.0 Å². The first-order valence-corrected chi connectivity index (χ1v) is 12.7. The van der Waals surface area contributed by atoms with Crippen molar-refractivity contribution in [3.8, 4) is 0 Å². The molecule has 6 heteroatoms. The largest absolute Gasteiger partial charge is 0.355 e. The quantitative estimate of drug-likeness (QED) is 0.241. The maximum absolute atomic E-state index is 15.4. The van der Waals surface area contributed by atoms with E-state index in [1.807, 2.05) is 76.2 Å². The predicted molar refractivity (Wildman–Crippen MR) is 148 cm³/mol. The molecule has 1 N–H and O–H groups in total. The van der Waals surface area contributed by atoms with Gasteiger partial charge in [-0.05, 0) is 54.3 Å². The van der Waals surface area contributed by atoms with Crippen molar-refractivity contribution in [3.63, 3.8) is 0 Å². The molecule has 190 valence electrons. The van der Waals surface area contributed by atoms with Crippen LogP contribution in [0.3, 0.4) is 0 Å². The van der Waals surface area contributed by atoms with Gasteiger partial charge in [0.05, 0.1) is 16.1 Å². The van der Waals surface area contributed by atoms with Crippen LogP contribution in [-0.4, -0.2) is 16.6 Å². The third-order valence-electron chi connectivity index (χ3n) is 6.41. The molecule has 4 rings (SSSR count). The molecular weight excluding hydrogens is 487 g/mol. The molecule has 0 bridgehead atoms. The van der Waals surface area contributed by atoms with Gasteiger partial charge in [-0.3, -0.25) is 14.6 Å². The first kappa shape index (κ1) is 26.5. The highest BCUT2D eigenvalue weighted by molar-refractivity contribution is 6.34. The third kappa shape index (κ3) is 6.05. The Morgan fingerprint density at radius 1 is 1.00 bits per heavy atom. The monoisotopic (exact) mass is 516 g/mol. The van der Waals surface area contributed by atoms with Crippen molar-refractivity contribution in [1.29, 1.82) is 0 Å². The summed E-state index contributed by atoms with van der Waals surface area (Å²) >= 11 is 6.29. The number of rotatable bonds is 8. The lowest BCUT2D eigenvalue weighted by molar-refractivity contribution is -0.126. The van der Waals surface area contributed by atoms with E-state index in [2.05, 4.69) is 10.3 Å². The highest BCUT2D eigenvalue weighted by Crippen LogP contribution is 2.30. The zero-order valence-corrected chi connectivity index (χ0v) is 22.2. The number of benzene rings is 3. The smallest absolute Gasteiger partial charge is 0.171 e. The molecule has 4 nitrogen and oxygen atoms in total. The normalized spacial score (nSPS) is 11.5. The van der Waals surface area contributed by atoms with Crippen molar-refractivity contribution in [2.24, 2.45) is 5.41 Å². The van der Waals surface area contributed by atoms with E-state index >= 15 is 4.39 Å². The summed E-state index contributed by atoms with van der Waals surface area (Å²) in [4.78, 5) is 30.2. The molecule has 0 unspecified atom stereocenters.